The monoisotopic (exact) mass is 256 g/mol. The van der Waals surface area contributed by atoms with Crippen LogP contribution in [0.3, 0.4) is 0 Å². The van der Waals surface area contributed by atoms with Crippen molar-refractivity contribution in [1.82, 2.24) is 4.98 Å². The second-order valence-corrected chi connectivity index (χ2v) is 4.67. The second-order valence-electron chi connectivity index (χ2n) is 3.62. The molecule has 0 unspecified atom stereocenters. The third kappa shape index (κ3) is 3.02. The summed E-state index contributed by atoms with van der Waals surface area (Å²) in [5.74, 6) is 1.47. The number of nitriles is 1. The fourth-order valence-electron chi connectivity index (χ4n) is 1.52. The average molecular weight is 256 g/mol. The molecular weight excluding hydrogens is 244 g/mol. The van der Waals surface area contributed by atoms with E-state index < -0.39 is 0 Å². The highest BCUT2D eigenvalue weighted by Gasteiger charge is 2.04. The molecule has 0 saturated carbocycles. The van der Waals surface area contributed by atoms with Gasteiger partial charge in [0.05, 0.1) is 12.7 Å². The van der Waals surface area contributed by atoms with Gasteiger partial charge in [0.15, 0.2) is 0 Å². The first kappa shape index (κ1) is 12.5. The van der Waals surface area contributed by atoms with Crippen LogP contribution in [0.1, 0.15) is 11.1 Å². The molecule has 1 heterocycles. The first-order valence-electron chi connectivity index (χ1n) is 5.43. The highest BCUT2D eigenvalue weighted by Crippen LogP contribution is 2.25. The van der Waals surface area contributed by atoms with Crippen LogP contribution in [0.15, 0.2) is 47.6 Å². The van der Waals surface area contributed by atoms with Crippen molar-refractivity contribution in [3.63, 3.8) is 0 Å². The van der Waals surface area contributed by atoms with Gasteiger partial charge in [-0.25, -0.2) is 0 Å². The zero-order valence-electron chi connectivity index (χ0n) is 9.96. The lowest BCUT2D eigenvalue weighted by Crippen LogP contribution is -1.90. The van der Waals surface area contributed by atoms with Gasteiger partial charge >= 0.3 is 0 Å². The zero-order chi connectivity index (χ0) is 12.8. The van der Waals surface area contributed by atoms with E-state index in [9.17, 15) is 0 Å². The fraction of sp³-hybridized carbons (Fsp3) is 0.143. The Morgan fingerprint density at radius 3 is 2.72 bits per heavy atom. The molecule has 1 aromatic heterocycles. The maximum atomic E-state index is 8.91. The maximum absolute atomic E-state index is 8.91. The smallest absolute Gasteiger partial charge is 0.136 e. The number of hydrogen-bond donors (Lipinski definition) is 0. The molecule has 0 spiro atoms. The van der Waals surface area contributed by atoms with Gasteiger partial charge in [-0.2, -0.15) is 5.26 Å². The fourth-order valence-corrected chi connectivity index (χ4v) is 2.35. The van der Waals surface area contributed by atoms with E-state index in [-0.39, 0.29) is 0 Å². The van der Waals surface area contributed by atoms with Crippen molar-refractivity contribution in [2.45, 2.75) is 10.6 Å². The van der Waals surface area contributed by atoms with Gasteiger partial charge in [-0.1, -0.05) is 6.07 Å². The minimum absolute atomic E-state index is 0.565. The number of nitrogens with zero attached hydrogens (tertiary/aromatic N) is 2. The minimum atomic E-state index is 0.565. The van der Waals surface area contributed by atoms with Crippen molar-refractivity contribution in [3.05, 3.63) is 53.9 Å². The summed E-state index contributed by atoms with van der Waals surface area (Å²) >= 11 is 1.73. The van der Waals surface area contributed by atoms with Gasteiger partial charge in [-0.05, 0) is 29.8 Å². The second kappa shape index (κ2) is 6.08. The number of rotatable bonds is 4. The quantitative estimate of drug-likeness (QED) is 0.788. The molecule has 1 aromatic carbocycles. The van der Waals surface area contributed by atoms with Crippen molar-refractivity contribution >= 4 is 11.8 Å². The molecular formula is C14H12N2OS. The minimum Gasteiger partial charge on any atom is -0.495 e. The van der Waals surface area contributed by atoms with Crippen molar-refractivity contribution in [1.29, 1.82) is 5.26 Å². The molecule has 0 saturated heterocycles. The van der Waals surface area contributed by atoms with Gasteiger partial charge in [-0.3, -0.25) is 4.98 Å². The molecule has 0 amide bonds. The molecule has 4 heteroatoms. The van der Waals surface area contributed by atoms with Crippen LogP contribution in [0.4, 0.5) is 0 Å². The molecule has 90 valence electrons. The maximum Gasteiger partial charge on any atom is 0.136 e. The average Bonchev–Trinajstić information content (AvgIpc) is 2.45. The van der Waals surface area contributed by atoms with Crippen LogP contribution in [0, 0.1) is 11.3 Å². The molecule has 0 N–H and O–H groups in total. The van der Waals surface area contributed by atoms with Gasteiger partial charge < -0.3 is 4.74 Å². The number of aromatic nitrogens is 1. The van der Waals surface area contributed by atoms with E-state index >= 15 is 0 Å². The topological polar surface area (TPSA) is 45.9 Å². The van der Waals surface area contributed by atoms with Crippen LogP contribution in [-0.2, 0) is 5.75 Å². The molecule has 3 nitrogen and oxygen atoms in total. The molecule has 2 rings (SSSR count). The summed E-state index contributed by atoms with van der Waals surface area (Å²) < 4.78 is 5.19. The Balaban J connectivity index is 2.09. The largest absolute Gasteiger partial charge is 0.495 e. The summed E-state index contributed by atoms with van der Waals surface area (Å²) in [5.41, 5.74) is 1.70. The lowest BCUT2D eigenvalue weighted by atomic mass is 10.1. The van der Waals surface area contributed by atoms with Crippen molar-refractivity contribution in [2.75, 3.05) is 7.11 Å². The van der Waals surface area contributed by atoms with Crippen LogP contribution in [0.5, 0.6) is 5.75 Å². The van der Waals surface area contributed by atoms with E-state index in [1.165, 1.54) is 4.90 Å². The number of pyridine rings is 1. The Hall–Kier alpha value is -1.99. The molecule has 0 bridgehead atoms. The van der Waals surface area contributed by atoms with Crippen molar-refractivity contribution < 1.29 is 4.74 Å². The van der Waals surface area contributed by atoms with E-state index in [1.807, 2.05) is 24.3 Å². The summed E-state index contributed by atoms with van der Waals surface area (Å²) in [6.45, 7) is 0. The molecule has 2 aromatic rings. The Kier molecular flexibility index (Phi) is 4.21. The van der Waals surface area contributed by atoms with E-state index in [2.05, 4.69) is 11.1 Å². The summed E-state index contributed by atoms with van der Waals surface area (Å²) in [4.78, 5) is 5.16. The predicted octanol–water partition coefficient (Wildman–Crippen LogP) is 3.25. The Labute approximate surface area is 110 Å². The Morgan fingerprint density at radius 2 is 2.06 bits per heavy atom. The van der Waals surface area contributed by atoms with Gasteiger partial charge in [0.1, 0.15) is 11.8 Å². The molecule has 18 heavy (non-hydrogen) atoms. The number of hydrogen-bond acceptors (Lipinski definition) is 4. The summed E-state index contributed by atoms with van der Waals surface area (Å²) in [6.07, 6.45) is 3.56. The zero-order valence-corrected chi connectivity index (χ0v) is 10.8. The third-order valence-corrected chi connectivity index (χ3v) is 3.52. The molecule has 0 aliphatic heterocycles. The molecule has 0 radical (unpaired) electrons. The number of ether oxygens (including phenoxy) is 1. The Bertz CT molecular complexity index is 564. The van der Waals surface area contributed by atoms with Gasteiger partial charge in [-0.15, -0.1) is 11.8 Å². The summed E-state index contributed by atoms with van der Waals surface area (Å²) in [6, 6.07) is 11.7. The number of thioether (sulfide) groups is 1. The number of methoxy groups -OCH3 is 1. The molecule has 0 fully saturated rings. The van der Waals surface area contributed by atoms with Crippen LogP contribution in [-0.4, -0.2) is 12.1 Å². The normalized spacial score (nSPS) is 9.78. The first-order valence-corrected chi connectivity index (χ1v) is 6.42. The third-order valence-electron chi connectivity index (χ3n) is 2.44. The van der Waals surface area contributed by atoms with Gasteiger partial charge in [0.2, 0.25) is 0 Å². The first-order chi connectivity index (χ1) is 8.83. The van der Waals surface area contributed by atoms with Crippen LogP contribution < -0.4 is 4.74 Å². The Morgan fingerprint density at radius 1 is 1.28 bits per heavy atom. The van der Waals surface area contributed by atoms with E-state index in [0.29, 0.717) is 11.3 Å². The van der Waals surface area contributed by atoms with E-state index in [0.717, 1.165) is 11.3 Å². The lowest BCUT2D eigenvalue weighted by molar-refractivity contribution is 0.413. The summed E-state index contributed by atoms with van der Waals surface area (Å²) in [7, 11) is 1.58. The molecule has 0 atom stereocenters. The highest BCUT2D eigenvalue weighted by atomic mass is 32.2. The standard InChI is InChI=1S/C14H12N2OS/c1-17-14-8-11(2-3-12(14)9-15)10-18-13-4-6-16-7-5-13/h2-8H,10H2,1H3. The van der Waals surface area contributed by atoms with Crippen molar-refractivity contribution in [2.24, 2.45) is 0 Å². The van der Waals surface area contributed by atoms with Crippen molar-refractivity contribution in [3.8, 4) is 11.8 Å². The highest BCUT2D eigenvalue weighted by molar-refractivity contribution is 7.98. The molecule has 0 aliphatic rings. The van der Waals surface area contributed by atoms with Crippen LogP contribution >= 0.6 is 11.8 Å². The summed E-state index contributed by atoms with van der Waals surface area (Å²) in [5, 5.41) is 8.91. The van der Waals surface area contributed by atoms with E-state index in [4.69, 9.17) is 10.00 Å². The lowest BCUT2D eigenvalue weighted by Gasteiger charge is -2.06. The van der Waals surface area contributed by atoms with Crippen LogP contribution in [0.25, 0.3) is 0 Å². The van der Waals surface area contributed by atoms with E-state index in [1.54, 1.807) is 37.3 Å². The van der Waals surface area contributed by atoms with Gasteiger partial charge in [0, 0.05) is 23.0 Å². The SMILES string of the molecule is COc1cc(CSc2ccncc2)ccc1C#N. The number of benzene rings is 1. The molecule has 0 aliphatic carbocycles. The van der Waals surface area contributed by atoms with Gasteiger partial charge in [0.25, 0.3) is 0 Å². The van der Waals surface area contributed by atoms with Crippen LogP contribution in [0.2, 0.25) is 0 Å². The predicted molar refractivity (Wildman–Crippen MR) is 71.5 cm³/mol.